The molecule has 3 heteroatoms. The van der Waals surface area contributed by atoms with Gasteiger partial charge in [-0.25, -0.2) is 0 Å². The Labute approximate surface area is 109 Å². The Morgan fingerprint density at radius 1 is 1.17 bits per heavy atom. The Bertz CT molecular complexity index is 399. The van der Waals surface area contributed by atoms with Crippen LogP contribution in [0.25, 0.3) is 0 Å². The van der Waals surface area contributed by atoms with Crippen molar-refractivity contribution in [1.82, 2.24) is 4.90 Å². The molecule has 1 aliphatic heterocycles. The molecule has 1 aromatic carbocycles. The SMILES string of the molecule is COc1ccc(CN2C[C@H](C)C(=O)[C@@H](C)C2)cc1. The summed E-state index contributed by atoms with van der Waals surface area (Å²) in [6.45, 7) is 6.70. The molecule has 0 aromatic heterocycles. The van der Waals surface area contributed by atoms with Crippen LogP contribution in [0.1, 0.15) is 19.4 Å². The van der Waals surface area contributed by atoms with Gasteiger partial charge in [0.15, 0.2) is 0 Å². The molecule has 2 atom stereocenters. The van der Waals surface area contributed by atoms with Crippen molar-refractivity contribution in [3.8, 4) is 5.75 Å². The third kappa shape index (κ3) is 2.91. The average molecular weight is 247 g/mol. The summed E-state index contributed by atoms with van der Waals surface area (Å²) in [4.78, 5) is 14.1. The topological polar surface area (TPSA) is 29.5 Å². The number of rotatable bonds is 3. The number of nitrogens with zero attached hydrogens (tertiary/aromatic N) is 1. The molecule has 0 N–H and O–H groups in total. The number of carbonyl (C=O) groups is 1. The summed E-state index contributed by atoms with van der Waals surface area (Å²) in [5.41, 5.74) is 1.27. The predicted molar refractivity (Wildman–Crippen MR) is 71.6 cm³/mol. The Balaban J connectivity index is 1.98. The second-order valence-corrected chi connectivity index (χ2v) is 5.25. The lowest BCUT2D eigenvalue weighted by Crippen LogP contribution is -2.44. The average Bonchev–Trinajstić information content (AvgIpc) is 2.37. The Morgan fingerprint density at radius 3 is 2.22 bits per heavy atom. The maximum Gasteiger partial charge on any atom is 0.141 e. The minimum atomic E-state index is 0.159. The van der Waals surface area contributed by atoms with Crippen LogP contribution in [-0.2, 0) is 11.3 Å². The second kappa shape index (κ2) is 5.53. The van der Waals surface area contributed by atoms with E-state index in [4.69, 9.17) is 4.74 Å². The lowest BCUT2D eigenvalue weighted by Gasteiger charge is -2.33. The van der Waals surface area contributed by atoms with Gasteiger partial charge in [-0.05, 0) is 17.7 Å². The third-order valence-electron chi connectivity index (χ3n) is 3.60. The molecule has 1 heterocycles. The van der Waals surface area contributed by atoms with Gasteiger partial charge in [0.1, 0.15) is 11.5 Å². The highest BCUT2D eigenvalue weighted by atomic mass is 16.5. The number of carbonyl (C=O) groups excluding carboxylic acids is 1. The highest BCUT2D eigenvalue weighted by Crippen LogP contribution is 2.20. The van der Waals surface area contributed by atoms with E-state index < -0.39 is 0 Å². The van der Waals surface area contributed by atoms with Crippen LogP contribution in [-0.4, -0.2) is 30.9 Å². The van der Waals surface area contributed by atoms with Gasteiger partial charge in [0, 0.05) is 31.5 Å². The summed E-state index contributed by atoms with van der Waals surface area (Å²) in [6.07, 6.45) is 0. The molecule has 0 saturated carbocycles. The Hall–Kier alpha value is -1.35. The van der Waals surface area contributed by atoms with Crippen molar-refractivity contribution in [3.63, 3.8) is 0 Å². The van der Waals surface area contributed by atoms with E-state index in [-0.39, 0.29) is 11.8 Å². The van der Waals surface area contributed by atoms with Crippen LogP contribution in [0.2, 0.25) is 0 Å². The first-order valence-corrected chi connectivity index (χ1v) is 6.49. The Kier molecular flexibility index (Phi) is 4.02. The van der Waals surface area contributed by atoms with Crippen LogP contribution in [0.5, 0.6) is 5.75 Å². The normalized spacial score (nSPS) is 25.2. The largest absolute Gasteiger partial charge is 0.497 e. The first-order valence-electron chi connectivity index (χ1n) is 6.49. The summed E-state index contributed by atoms with van der Waals surface area (Å²) in [7, 11) is 1.68. The van der Waals surface area contributed by atoms with Crippen LogP contribution in [0.3, 0.4) is 0 Å². The number of hydrogen-bond acceptors (Lipinski definition) is 3. The van der Waals surface area contributed by atoms with Gasteiger partial charge in [-0.2, -0.15) is 0 Å². The third-order valence-corrected chi connectivity index (χ3v) is 3.60. The molecule has 2 rings (SSSR count). The predicted octanol–water partition coefficient (Wildman–Crippen LogP) is 2.35. The number of ether oxygens (including phenoxy) is 1. The molecule has 1 aromatic rings. The molecule has 1 saturated heterocycles. The minimum absolute atomic E-state index is 0.159. The molecule has 0 aliphatic carbocycles. The molecule has 0 spiro atoms. The van der Waals surface area contributed by atoms with Crippen molar-refractivity contribution in [2.24, 2.45) is 11.8 Å². The zero-order valence-electron chi connectivity index (χ0n) is 11.3. The number of piperidine rings is 1. The molecule has 0 amide bonds. The van der Waals surface area contributed by atoms with Crippen molar-refractivity contribution in [2.45, 2.75) is 20.4 Å². The fourth-order valence-electron chi connectivity index (χ4n) is 2.63. The summed E-state index contributed by atoms with van der Waals surface area (Å²) < 4.78 is 5.15. The number of hydrogen-bond donors (Lipinski definition) is 0. The van der Waals surface area contributed by atoms with Gasteiger partial charge in [0.05, 0.1) is 7.11 Å². The number of methoxy groups -OCH3 is 1. The lowest BCUT2D eigenvalue weighted by atomic mass is 9.90. The number of ketones is 1. The molecule has 1 fully saturated rings. The van der Waals surface area contributed by atoms with Crippen LogP contribution in [0, 0.1) is 11.8 Å². The maximum absolute atomic E-state index is 11.8. The fourth-order valence-corrected chi connectivity index (χ4v) is 2.63. The summed E-state index contributed by atoms with van der Waals surface area (Å²) in [5.74, 6) is 1.61. The number of likely N-dealkylation sites (tertiary alicyclic amines) is 1. The highest BCUT2D eigenvalue weighted by Gasteiger charge is 2.29. The summed E-state index contributed by atoms with van der Waals surface area (Å²) in [6, 6.07) is 8.14. The number of Topliss-reactive ketones (excluding diaryl/α,β-unsaturated/α-hetero) is 1. The Morgan fingerprint density at radius 2 is 1.72 bits per heavy atom. The zero-order chi connectivity index (χ0) is 13.1. The smallest absolute Gasteiger partial charge is 0.141 e. The molecular formula is C15H21NO2. The fraction of sp³-hybridized carbons (Fsp3) is 0.533. The van der Waals surface area contributed by atoms with Crippen molar-refractivity contribution in [1.29, 1.82) is 0 Å². The van der Waals surface area contributed by atoms with Crippen LogP contribution in [0.4, 0.5) is 0 Å². The van der Waals surface area contributed by atoms with Crippen LogP contribution in [0.15, 0.2) is 24.3 Å². The summed E-state index contributed by atoms with van der Waals surface area (Å²) >= 11 is 0. The maximum atomic E-state index is 11.8. The van der Waals surface area contributed by atoms with Crippen LogP contribution >= 0.6 is 0 Å². The van der Waals surface area contributed by atoms with Gasteiger partial charge in [-0.1, -0.05) is 26.0 Å². The minimum Gasteiger partial charge on any atom is -0.497 e. The first-order chi connectivity index (χ1) is 8.60. The molecule has 1 aliphatic rings. The van der Waals surface area contributed by atoms with Crippen molar-refractivity contribution >= 4 is 5.78 Å². The van der Waals surface area contributed by atoms with Gasteiger partial charge in [0.25, 0.3) is 0 Å². The molecule has 0 radical (unpaired) electrons. The monoisotopic (exact) mass is 247 g/mol. The van der Waals surface area contributed by atoms with Crippen molar-refractivity contribution in [3.05, 3.63) is 29.8 Å². The second-order valence-electron chi connectivity index (χ2n) is 5.25. The molecule has 3 nitrogen and oxygen atoms in total. The molecule has 0 bridgehead atoms. The van der Waals surface area contributed by atoms with Gasteiger partial charge >= 0.3 is 0 Å². The quantitative estimate of drug-likeness (QED) is 0.821. The molecular weight excluding hydrogens is 226 g/mol. The van der Waals surface area contributed by atoms with Gasteiger partial charge in [0.2, 0.25) is 0 Å². The highest BCUT2D eigenvalue weighted by molar-refractivity contribution is 5.83. The number of benzene rings is 1. The molecule has 0 unspecified atom stereocenters. The van der Waals surface area contributed by atoms with Gasteiger partial charge in [-0.3, -0.25) is 9.69 Å². The first kappa shape index (κ1) is 13.1. The molecule has 18 heavy (non-hydrogen) atoms. The van der Waals surface area contributed by atoms with Gasteiger partial charge < -0.3 is 4.74 Å². The lowest BCUT2D eigenvalue weighted by molar-refractivity contribution is -0.130. The van der Waals surface area contributed by atoms with E-state index in [0.717, 1.165) is 25.4 Å². The van der Waals surface area contributed by atoms with E-state index in [9.17, 15) is 4.79 Å². The van der Waals surface area contributed by atoms with Crippen molar-refractivity contribution < 1.29 is 9.53 Å². The van der Waals surface area contributed by atoms with Crippen molar-refractivity contribution in [2.75, 3.05) is 20.2 Å². The molecule has 98 valence electrons. The van der Waals surface area contributed by atoms with E-state index in [1.54, 1.807) is 7.11 Å². The van der Waals surface area contributed by atoms with E-state index >= 15 is 0 Å². The van der Waals surface area contributed by atoms with E-state index in [1.165, 1.54) is 5.56 Å². The van der Waals surface area contributed by atoms with E-state index in [2.05, 4.69) is 17.0 Å². The van der Waals surface area contributed by atoms with E-state index in [0.29, 0.717) is 5.78 Å². The zero-order valence-corrected chi connectivity index (χ0v) is 11.3. The van der Waals surface area contributed by atoms with Gasteiger partial charge in [-0.15, -0.1) is 0 Å². The van der Waals surface area contributed by atoms with E-state index in [1.807, 2.05) is 26.0 Å². The summed E-state index contributed by atoms with van der Waals surface area (Å²) in [5, 5.41) is 0. The standard InChI is InChI=1S/C15H21NO2/c1-11-8-16(9-12(2)15(11)17)10-13-4-6-14(18-3)7-5-13/h4-7,11-12H,8-10H2,1-3H3/t11-,12-/m0/s1. The van der Waals surface area contributed by atoms with Crippen LogP contribution < -0.4 is 4.74 Å².